The van der Waals surface area contributed by atoms with Crippen LogP contribution in [0.2, 0.25) is 0 Å². The first-order valence-corrected chi connectivity index (χ1v) is 12.9. The maximum absolute atomic E-state index is 13.0. The molecule has 5 rings (SSSR count). The Morgan fingerprint density at radius 2 is 1.58 bits per heavy atom. The summed E-state index contributed by atoms with van der Waals surface area (Å²) in [7, 11) is 0. The summed E-state index contributed by atoms with van der Waals surface area (Å²) < 4.78 is 38.0. The number of benzene rings is 3. The minimum atomic E-state index is -4.21. The summed E-state index contributed by atoms with van der Waals surface area (Å²) in [6, 6.07) is 20.3. The van der Waals surface area contributed by atoms with Gasteiger partial charge >= 0.3 is 6.18 Å². The molecule has 0 saturated carbocycles. The van der Waals surface area contributed by atoms with Crippen molar-refractivity contribution < 1.29 is 18.0 Å². The molecule has 4 nitrogen and oxygen atoms in total. The largest absolute Gasteiger partial charge is 0.389 e. The van der Waals surface area contributed by atoms with E-state index >= 15 is 0 Å². The molecule has 0 spiro atoms. The van der Waals surface area contributed by atoms with Crippen LogP contribution in [0.15, 0.2) is 60.7 Å². The van der Waals surface area contributed by atoms with Gasteiger partial charge in [-0.25, -0.2) is 0 Å². The summed E-state index contributed by atoms with van der Waals surface area (Å²) in [4.78, 5) is 19.5. The molecule has 0 aromatic heterocycles. The van der Waals surface area contributed by atoms with E-state index < -0.39 is 12.6 Å². The Kier molecular flexibility index (Phi) is 7.19. The average molecular weight is 496 g/mol. The van der Waals surface area contributed by atoms with Crippen LogP contribution in [0.4, 0.5) is 24.5 Å². The third kappa shape index (κ3) is 5.36. The van der Waals surface area contributed by atoms with Gasteiger partial charge in [-0.2, -0.15) is 13.2 Å². The van der Waals surface area contributed by atoms with E-state index in [2.05, 4.69) is 40.1 Å². The normalized spacial score (nSPS) is 16.7. The zero-order valence-corrected chi connectivity index (χ0v) is 20.4. The second-order valence-corrected chi connectivity index (χ2v) is 9.78. The predicted molar refractivity (Wildman–Crippen MR) is 139 cm³/mol. The fraction of sp³-hybridized carbons (Fsp3) is 0.414. The zero-order chi connectivity index (χ0) is 25.1. The van der Waals surface area contributed by atoms with Gasteiger partial charge in [-0.1, -0.05) is 42.5 Å². The van der Waals surface area contributed by atoms with Crippen molar-refractivity contribution in [3.8, 4) is 0 Å². The maximum Gasteiger partial charge on any atom is 0.389 e. The molecule has 7 heteroatoms. The van der Waals surface area contributed by atoms with Gasteiger partial charge in [0.05, 0.1) is 5.69 Å². The molecule has 36 heavy (non-hydrogen) atoms. The van der Waals surface area contributed by atoms with Crippen molar-refractivity contribution in [1.82, 2.24) is 4.90 Å². The Morgan fingerprint density at radius 1 is 0.778 bits per heavy atom. The summed E-state index contributed by atoms with van der Waals surface area (Å²) in [5.41, 5.74) is 3.80. The first-order chi connectivity index (χ1) is 17.4. The molecule has 3 aromatic carbocycles. The van der Waals surface area contributed by atoms with Crippen molar-refractivity contribution in [3.05, 3.63) is 71.8 Å². The predicted octanol–water partition coefficient (Wildman–Crippen LogP) is 6.29. The first-order valence-electron chi connectivity index (χ1n) is 12.9. The number of alkyl halides is 3. The molecule has 2 aliphatic rings. The number of amides is 1. The molecule has 1 saturated heterocycles. The van der Waals surface area contributed by atoms with Gasteiger partial charge in [-0.15, -0.1) is 0 Å². The molecular formula is C29H32F3N3O. The third-order valence-electron chi connectivity index (χ3n) is 7.32. The molecule has 3 aromatic rings. The van der Waals surface area contributed by atoms with Crippen LogP contribution in [0, 0.1) is 0 Å². The van der Waals surface area contributed by atoms with Gasteiger partial charge in [-0.05, 0) is 62.5 Å². The van der Waals surface area contributed by atoms with Gasteiger partial charge in [0, 0.05) is 54.6 Å². The molecule has 0 N–H and O–H groups in total. The second-order valence-electron chi connectivity index (χ2n) is 9.78. The standard InChI is InChI=1S/C29H32F3N3O/c30-29(31,32)15-6-19-35-26-14-13-25(23-11-4-12-24(27(23)26)28(35)36)34-18-7-17-33(20-21-34)16-5-10-22-8-2-1-3-9-22/h1-4,8-9,11-14H,5-7,10,15-21H2. The number of rotatable bonds is 8. The van der Waals surface area contributed by atoms with Gasteiger partial charge in [0.15, 0.2) is 0 Å². The van der Waals surface area contributed by atoms with Gasteiger partial charge < -0.3 is 14.7 Å². The summed E-state index contributed by atoms with van der Waals surface area (Å²) in [6.45, 7) is 5.06. The van der Waals surface area contributed by atoms with E-state index in [1.54, 1.807) is 6.07 Å². The van der Waals surface area contributed by atoms with Crippen molar-refractivity contribution in [2.24, 2.45) is 0 Å². The van der Waals surface area contributed by atoms with Crippen LogP contribution in [0.25, 0.3) is 10.8 Å². The van der Waals surface area contributed by atoms with E-state index in [1.165, 1.54) is 10.5 Å². The van der Waals surface area contributed by atoms with Crippen molar-refractivity contribution in [2.45, 2.75) is 38.3 Å². The van der Waals surface area contributed by atoms with Crippen LogP contribution >= 0.6 is 0 Å². The fourth-order valence-corrected chi connectivity index (χ4v) is 5.55. The van der Waals surface area contributed by atoms with Crippen LogP contribution in [0.3, 0.4) is 0 Å². The number of carbonyl (C=O) groups excluding carboxylic acids is 1. The lowest BCUT2D eigenvalue weighted by Crippen LogP contribution is -2.31. The van der Waals surface area contributed by atoms with E-state index in [0.29, 0.717) is 5.56 Å². The number of carbonyl (C=O) groups is 1. The molecule has 2 aliphatic heterocycles. The Labute approximate surface area is 210 Å². The van der Waals surface area contributed by atoms with Gasteiger partial charge in [0.1, 0.15) is 0 Å². The molecule has 0 aliphatic carbocycles. The van der Waals surface area contributed by atoms with Crippen LogP contribution in [-0.4, -0.2) is 56.3 Å². The highest BCUT2D eigenvalue weighted by atomic mass is 19.4. The molecule has 2 heterocycles. The highest BCUT2D eigenvalue weighted by molar-refractivity contribution is 6.26. The summed E-state index contributed by atoms with van der Waals surface area (Å²) in [5.74, 6) is -0.199. The molecule has 1 amide bonds. The summed E-state index contributed by atoms with van der Waals surface area (Å²) in [5, 5.41) is 1.88. The molecule has 0 radical (unpaired) electrons. The lowest BCUT2D eigenvalue weighted by molar-refractivity contribution is -0.135. The smallest absolute Gasteiger partial charge is 0.370 e. The van der Waals surface area contributed by atoms with Crippen LogP contribution in [0.5, 0.6) is 0 Å². The summed E-state index contributed by atoms with van der Waals surface area (Å²) >= 11 is 0. The van der Waals surface area contributed by atoms with Gasteiger partial charge in [0.2, 0.25) is 0 Å². The van der Waals surface area contributed by atoms with Crippen LogP contribution < -0.4 is 9.80 Å². The van der Waals surface area contributed by atoms with E-state index in [4.69, 9.17) is 0 Å². The van der Waals surface area contributed by atoms with Crippen molar-refractivity contribution in [3.63, 3.8) is 0 Å². The molecule has 0 unspecified atom stereocenters. The Morgan fingerprint density at radius 3 is 2.39 bits per heavy atom. The molecular weight excluding hydrogens is 463 g/mol. The third-order valence-corrected chi connectivity index (χ3v) is 7.32. The Bertz CT molecular complexity index is 1210. The molecule has 0 bridgehead atoms. The van der Waals surface area contributed by atoms with Crippen LogP contribution in [0.1, 0.15) is 41.6 Å². The molecule has 0 atom stereocenters. The number of hydrogen-bond acceptors (Lipinski definition) is 3. The van der Waals surface area contributed by atoms with E-state index in [1.807, 2.05) is 24.3 Å². The maximum atomic E-state index is 13.0. The SMILES string of the molecule is O=C1c2cccc3c(N4CCCN(CCCc5ccccc5)CC4)ccc(c23)N1CCCC(F)(F)F. The van der Waals surface area contributed by atoms with Crippen LogP contribution in [-0.2, 0) is 6.42 Å². The molecule has 190 valence electrons. The lowest BCUT2D eigenvalue weighted by Gasteiger charge is -2.26. The Hall–Kier alpha value is -3.06. The second kappa shape index (κ2) is 10.5. The van der Waals surface area contributed by atoms with Crippen molar-refractivity contribution >= 4 is 28.1 Å². The number of anilines is 2. The number of hydrogen-bond donors (Lipinski definition) is 0. The molecule has 1 fully saturated rings. The quantitative estimate of drug-likeness (QED) is 0.368. The first kappa shape index (κ1) is 24.6. The number of nitrogens with zero attached hydrogens (tertiary/aromatic N) is 3. The minimum Gasteiger partial charge on any atom is -0.370 e. The number of aryl methyl sites for hydroxylation is 1. The Balaban J connectivity index is 1.27. The minimum absolute atomic E-state index is 0.0725. The topological polar surface area (TPSA) is 26.8 Å². The summed E-state index contributed by atoms with van der Waals surface area (Å²) in [6.07, 6.45) is -1.91. The van der Waals surface area contributed by atoms with E-state index in [-0.39, 0.29) is 18.9 Å². The fourth-order valence-electron chi connectivity index (χ4n) is 5.55. The van der Waals surface area contributed by atoms with Crippen molar-refractivity contribution in [1.29, 1.82) is 0 Å². The monoisotopic (exact) mass is 495 g/mol. The zero-order valence-electron chi connectivity index (χ0n) is 20.4. The number of halogens is 3. The average Bonchev–Trinajstić information content (AvgIpc) is 3.00. The van der Waals surface area contributed by atoms with Crippen molar-refractivity contribution in [2.75, 3.05) is 49.1 Å². The van der Waals surface area contributed by atoms with E-state index in [9.17, 15) is 18.0 Å². The van der Waals surface area contributed by atoms with Gasteiger partial charge in [0.25, 0.3) is 5.91 Å². The highest BCUT2D eigenvalue weighted by Crippen LogP contribution is 2.42. The van der Waals surface area contributed by atoms with Gasteiger partial charge in [-0.3, -0.25) is 4.79 Å². The lowest BCUT2D eigenvalue weighted by atomic mass is 10.0. The highest BCUT2D eigenvalue weighted by Gasteiger charge is 2.33. The van der Waals surface area contributed by atoms with E-state index in [0.717, 1.165) is 74.1 Å².